The summed E-state index contributed by atoms with van der Waals surface area (Å²) in [5.41, 5.74) is 5.80. The first-order valence-corrected chi connectivity index (χ1v) is 7.76. The number of carbonyl (C=O) groups is 1. The highest BCUT2D eigenvalue weighted by Crippen LogP contribution is 2.33. The van der Waals surface area contributed by atoms with Crippen molar-refractivity contribution in [2.75, 3.05) is 19.6 Å². The van der Waals surface area contributed by atoms with Crippen LogP contribution in [0.3, 0.4) is 0 Å². The number of nitrogens with zero attached hydrogens (tertiary/aromatic N) is 3. The maximum atomic E-state index is 12.6. The minimum Gasteiger partial charge on any atom is -0.342 e. The maximum absolute atomic E-state index is 12.6. The lowest BCUT2D eigenvalue weighted by Crippen LogP contribution is -2.43. The molecule has 2 N–H and O–H groups in total. The number of hydrogen-bond donors (Lipinski definition) is 1. The van der Waals surface area contributed by atoms with Gasteiger partial charge in [0.25, 0.3) is 0 Å². The zero-order chi connectivity index (χ0) is 13.9. The van der Waals surface area contributed by atoms with Gasteiger partial charge in [-0.05, 0) is 38.1 Å². The Morgan fingerprint density at radius 2 is 2.05 bits per heavy atom. The van der Waals surface area contributed by atoms with Crippen LogP contribution >= 0.6 is 0 Å². The first-order chi connectivity index (χ1) is 9.79. The summed E-state index contributed by atoms with van der Waals surface area (Å²) < 4.78 is 2.17. The SMILES string of the molecule is NC[C@H]1CCC[C@H]1C(=O)N1CCC(n2ccnc2)CC1. The summed E-state index contributed by atoms with van der Waals surface area (Å²) in [5, 5.41) is 0. The molecule has 2 heterocycles. The van der Waals surface area contributed by atoms with Crippen LogP contribution in [0.1, 0.15) is 38.1 Å². The number of imidazole rings is 1. The van der Waals surface area contributed by atoms with Crippen molar-refractivity contribution in [1.29, 1.82) is 0 Å². The first-order valence-electron chi connectivity index (χ1n) is 7.76. The number of amides is 1. The Labute approximate surface area is 120 Å². The van der Waals surface area contributed by atoms with Crippen molar-refractivity contribution in [2.24, 2.45) is 17.6 Å². The van der Waals surface area contributed by atoms with Crippen LogP contribution in [-0.2, 0) is 4.79 Å². The monoisotopic (exact) mass is 276 g/mol. The van der Waals surface area contributed by atoms with Crippen molar-refractivity contribution >= 4 is 5.91 Å². The minimum absolute atomic E-state index is 0.185. The van der Waals surface area contributed by atoms with Crippen LogP contribution in [0, 0.1) is 11.8 Å². The second-order valence-corrected chi connectivity index (χ2v) is 6.10. The standard InChI is InChI=1S/C15H24N4O/c16-10-12-2-1-3-14(12)15(20)18-7-4-13(5-8-18)19-9-6-17-11-19/h6,9,11-14H,1-5,7-8,10,16H2/t12-,14-/m1/s1. The number of rotatable bonds is 3. The summed E-state index contributed by atoms with van der Waals surface area (Å²) in [6.45, 7) is 2.40. The Kier molecular flexibility index (Phi) is 4.05. The Morgan fingerprint density at radius 3 is 2.70 bits per heavy atom. The second kappa shape index (κ2) is 5.95. The number of aromatic nitrogens is 2. The summed E-state index contributed by atoms with van der Waals surface area (Å²) in [4.78, 5) is 18.8. The van der Waals surface area contributed by atoms with Crippen molar-refractivity contribution in [3.8, 4) is 0 Å². The molecule has 1 saturated carbocycles. The highest BCUT2D eigenvalue weighted by atomic mass is 16.2. The second-order valence-electron chi connectivity index (χ2n) is 6.10. The summed E-state index contributed by atoms with van der Waals surface area (Å²) in [6, 6.07) is 0.496. The van der Waals surface area contributed by atoms with Crippen LogP contribution in [0.5, 0.6) is 0 Å². The fourth-order valence-corrected chi connectivity index (χ4v) is 3.75. The summed E-state index contributed by atoms with van der Waals surface area (Å²) >= 11 is 0. The lowest BCUT2D eigenvalue weighted by Gasteiger charge is -2.35. The number of carbonyl (C=O) groups excluding carboxylic acids is 1. The molecule has 5 nitrogen and oxygen atoms in total. The van der Waals surface area contributed by atoms with Crippen LogP contribution in [-0.4, -0.2) is 40.0 Å². The van der Waals surface area contributed by atoms with Crippen LogP contribution in [0.4, 0.5) is 0 Å². The third-order valence-electron chi connectivity index (χ3n) is 5.00. The Hall–Kier alpha value is -1.36. The summed E-state index contributed by atoms with van der Waals surface area (Å²) in [7, 11) is 0. The fourth-order valence-electron chi connectivity index (χ4n) is 3.75. The molecule has 1 aliphatic heterocycles. The van der Waals surface area contributed by atoms with Gasteiger partial charge in [-0.1, -0.05) is 6.42 Å². The molecule has 20 heavy (non-hydrogen) atoms. The molecule has 0 spiro atoms. The van der Waals surface area contributed by atoms with Gasteiger partial charge in [-0.25, -0.2) is 4.98 Å². The number of likely N-dealkylation sites (tertiary alicyclic amines) is 1. The van der Waals surface area contributed by atoms with Crippen LogP contribution in [0.25, 0.3) is 0 Å². The lowest BCUT2D eigenvalue weighted by molar-refractivity contribution is -0.137. The molecule has 5 heteroatoms. The Bertz CT molecular complexity index is 437. The molecule has 0 unspecified atom stereocenters. The lowest BCUT2D eigenvalue weighted by atomic mass is 9.93. The molecule has 2 fully saturated rings. The van der Waals surface area contributed by atoms with Gasteiger partial charge in [0.2, 0.25) is 5.91 Å². The average molecular weight is 276 g/mol. The van der Waals surface area contributed by atoms with E-state index in [2.05, 4.69) is 14.5 Å². The smallest absolute Gasteiger partial charge is 0.226 e. The highest BCUT2D eigenvalue weighted by Gasteiger charge is 2.35. The third-order valence-corrected chi connectivity index (χ3v) is 5.00. The molecule has 0 bridgehead atoms. The van der Waals surface area contributed by atoms with Gasteiger partial charge in [-0.3, -0.25) is 4.79 Å². The van der Waals surface area contributed by atoms with Crippen molar-refractivity contribution < 1.29 is 4.79 Å². The van der Waals surface area contributed by atoms with Crippen LogP contribution < -0.4 is 5.73 Å². The topological polar surface area (TPSA) is 64.2 Å². The molecular weight excluding hydrogens is 252 g/mol. The molecule has 3 rings (SSSR count). The number of piperidine rings is 1. The van der Waals surface area contributed by atoms with Crippen molar-refractivity contribution in [1.82, 2.24) is 14.5 Å². The largest absolute Gasteiger partial charge is 0.342 e. The zero-order valence-electron chi connectivity index (χ0n) is 11.9. The average Bonchev–Trinajstić information content (AvgIpc) is 3.17. The van der Waals surface area contributed by atoms with Gasteiger partial charge in [-0.2, -0.15) is 0 Å². The molecule has 110 valence electrons. The van der Waals surface area contributed by atoms with Crippen molar-refractivity contribution in [3.63, 3.8) is 0 Å². The molecule has 1 aromatic heterocycles. The van der Waals surface area contributed by atoms with E-state index in [-0.39, 0.29) is 5.92 Å². The number of nitrogens with two attached hydrogens (primary N) is 1. The van der Waals surface area contributed by atoms with E-state index in [0.29, 0.717) is 24.4 Å². The van der Waals surface area contributed by atoms with E-state index in [1.165, 1.54) is 0 Å². The van der Waals surface area contributed by atoms with E-state index < -0.39 is 0 Å². The van der Waals surface area contributed by atoms with Crippen LogP contribution in [0.2, 0.25) is 0 Å². The maximum Gasteiger partial charge on any atom is 0.226 e. The highest BCUT2D eigenvalue weighted by molar-refractivity contribution is 5.79. The Morgan fingerprint density at radius 1 is 1.25 bits per heavy atom. The van der Waals surface area contributed by atoms with E-state index in [1.807, 2.05) is 18.7 Å². The van der Waals surface area contributed by atoms with Crippen molar-refractivity contribution in [3.05, 3.63) is 18.7 Å². The third kappa shape index (κ3) is 2.59. The predicted octanol–water partition coefficient (Wildman–Crippen LogP) is 1.42. The van der Waals surface area contributed by atoms with E-state index in [4.69, 9.17) is 5.73 Å². The van der Waals surface area contributed by atoms with Crippen LogP contribution in [0.15, 0.2) is 18.7 Å². The molecule has 2 atom stereocenters. The van der Waals surface area contributed by atoms with Gasteiger partial charge in [0.15, 0.2) is 0 Å². The van der Waals surface area contributed by atoms with E-state index in [9.17, 15) is 4.79 Å². The molecule has 1 saturated heterocycles. The summed E-state index contributed by atoms with van der Waals surface area (Å²) in [6.07, 6.45) is 11.1. The van der Waals surface area contributed by atoms with E-state index in [1.54, 1.807) is 0 Å². The van der Waals surface area contributed by atoms with E-state index >= 15 is 0 Å². The molecule has 1 amide bonds. The van der Waals surface area contributed by atoms with Gasteiger partial charge < -0.3 is 15.2 Å². The minimum atomic E-state index is 0.185. The predicted molar refractivity (Wildman–Crippen MR) is 77.0 cm³/mol. The number of hydrogen-bond acceptors (Lipinski definition) is 3. The zero-order valence-corrected chi connectivity index (χ0v) is 11.9. The fraction of sp³-hybridized carbons (Fsp3) is 0.733. The normalized spacial score (nSPS) is 27.9. The van der Waals surface area contributed by atoms with Crippen molar-refractivity contribution in [2.45, 2.75) is 38.1 Å². The van der Waals surface area contributed by atoms with Gasteiger partial charge >= 0.3 is 0 Å². The van der Waals surface area contributed by atoms with E-state index in [0.717, 1.165) is 45.2 Å². The summed E-state index contributed by atoms with van der Waals surface area (Å²) in [5.74, 6) is 0.945. The first kappa shape index (κ1) is 13.6. The molecule has 0 aromatic carbocycles. The Balaban J connectivity index is 1.56. The van der Waals surface area contributed by atoms with Gasteiger partial charge in [0.05, 0.1) is 6.33 Å². The molecular formula is C15H24N4O. The molecule has 0 radical (unpaired) electrons. The van der Waals surface area contributed by atoms with Gasteiger partial charge in [0, 0.05) is 37.4 Å². The molecule has 1 aliphatic carbocycles. The molecule has 2 aliphatic rings. The molecule has 1 aromatic rings. The van der Waals surface area contributed by atoms with Gasteiger partial charge in [-0.15, -0.1) is 0 Å². The quantitative estimate of drug-likeness (QED) is 0.908. The van der Waals surface area contributed by atoms with Gasteiger partial charge in [0.1, 0.15) is 0 Å².